The lowest BCUT2D eigenvalue weighted by molar-refractivity contribution is -0.157. The van der Waals surface area contributed by atoms with Gasteiger partial charge in [-0.2, -0.15) is 0 Å². The van der Waals surface area contributed by atoms with E-state index in [-0.39, 0.29) is 18.0 Å². The van der Waals surface area contributed by atoms with Crippen molar-refractivity contribution in [2.45, 2.75) is 65.4 Å². The SMILES string of the molecule is CCC[C@H](C)C(=O)O[C@H]1CCCC[C@@H]1C. The molecule has 0 bridgehead atoms. The van der Waals surface area contributed by atoms with Crippen LogP contribution in [0, 0.1) is 11.8 Å². The number of rotatable bonds is 4. The van der Waals surface area contributed by atoms with E-state index in [1.807, 2.05) is 6.92 Å². The van der Waals surface area contributed by atoms with Gasteiger partial charge in [-0.25, -0.2) is 0 Å². The summed E-state index contributed by atoms with van der Waals surface area (Å²) in [5.74, 6) is 0.635. The number of esters is 1. The summed E-state index contributed by atoms with van der Waals surface area (Å²) in [5.41, 5.74) is 0. The molecule has 0 spiro atoms. The second-order valence-electron chi connectivity index (χ2n) is 4.93. The molecule has 88 valence electrons. The Morgan fingerprint density at radius 2 is 2.07 bits per heavy atom. The molecule has 0 aromatic rings. The van der Waals surface area contributed by atoms with Crippen molar-refractivity contribution in [3.05, 3.63) is 0 Å². The van der Waals surface area contributed by atoms with Gasteiger partial charge in [0.25, 0.3) is 0 Å². The van der Waals surface area contributed by atoms with Gasteiger partial charge in [0.05, 0.1) is 5.92 Å². The number of carbonyl (C=O) groups excluding carboxylic acids is 1. The summed E-state index contributed by atoms with van der Waals surface area (Å²) in [6, 6.07) is 0. The minimum atomic E-state index is 0.00981. The number of carbonyl (C=O) groups is 1. The van der Waals surface area contributed by atoms with E-state index in [9.17, 15) is 4.79 Å². The number of ether oxygens (including phenoxy) is 1. The molecule has 0 unspecified atom stereocenters. The first kappa shape index (κ1) is 12.5. The van der Waals surface area contributed by atoms with Crippen LogP contribution < -0.4 is 0 Å². The Bertz CT molecular complexity index is 201. The van der Waals surface area contributed by atoms with Crippen LogP contribution in [0.5, 0.6) is 0 Å². The minimum absolute atomic E-state index is 0.00981. The van der Waals surface area contributed by atoms with Crippen molar-refractivity contribution < 1.29 is 9.53 Å². The number of hydrogen-bond acceptors (Lipinski definition) is 2. The summed E-state index contributed by atoms with van der Waals surface area (Å²) < 4.78 is 5.58. The van der Waals surface area contributed by atoms with Gasteiger partial charge in [-0.05, 0) is 31.6 Å². The lowest BCUT2D eigenvalue weighted by Gasteiger charge is -2.29. The molecule has 1 aliphatic rings. The van der Waals surface area contributed by atoms with E-state index in [1.54, 1.807) is 0 Å². The molecule has 0 N–H and O–H groups in total. The molecule has 1 aliphatic carbocycles. The molecule has 0 heterocycles. The average Bonchev–Trinajstić information content (AvgIpc) is 2.21. The first-order valence-electron chi connectivity index (χ1n) is 6.35. The van der Waals surface area contributed by atoms with Gasteiger partial charge in [-0.1, -0.05) is 33.6 Å². The molecule has 0 saturated heterocycles. The van der Waals surface area contributed by atoms with E-state index in [0.29, 0.717) is 5.92 Å². The van der Waals surface area contributed by atoms with Crippen LogP contribution in [0.15, 0.2) is 0 Å². The van der Waals surface area contributed by atoms with Crippen LogP contribution in [0.25, 0.3) is 0 Å². The maximum Gasteiger partial charge on any atom is 0.308 e. The fourth-order valence-corrected chi connectivity index (χ4v) is 2.27. The molecule has 1 rings (SSSR count). The first-order chi connectivity index (χ1) is 7.15. The highest BCUT2D eigenvalue weighted by molar-refractivity contribution is 5.72. The third-order valence-electron chi connectivity index (χ3n) is 3.42. The highest BCUT2D eigenvalue weighted by atomic mass is 16.5. The highest BCUT2D eigenvalue weighted by Crippen LogP contribution is 2.27. The monoisotopic (exact) mass is 212 g/mol. The van der Waals surface area contributed by atoms with E-state index in [1.165, 1.54) is 19.3 Å². The molecule has 3 atom stereocenters. The van der Waals surface area contributed by atoms with Gasteiger partial charge in [-0.3, -0.25) is 4.79 Å². The van der Waals surface area contributed by atoms with Crippen molar-refractivity contribution in [1.82, 2.24) is 0 Å². The zero-order valence-corrected chi connectivity index (χ0v) is 10.3. The maximum absolute atomic E-state index is 11.7. The Kier molecular flexibility index (Phi) is 5.13. The summed E-state index contributed by atoms with van der Waals surface area (Å²) in [6.45, 7) is 6.27. The van der Waals surface area contributed by atoms with Gasteiger partial charge >= 0.3 is 5.97 Å². The fourth-order valence-electron chi connectivity index (χ4n) is 2.27. The predicted octanol–water partition coefficient (Wildman–Crippen LogP) is 3.54. The van der Waals surface area contributed by atoms with Gasteiger partial charge in [0.2, 0.25) is 0 Å². The van der Waals surface area contributed by atoms with E-state index in [4.69, 9.17) is 4.74 Å². The van der Waals surface area contributed by atoms with Crippen molar-refractivity contribution in [3.63, 3.8) is 0 Å². The van der Waals surface area contributed by atoms with E-state index >= 15 is 0 Å². The van der Waals surface area contributed by atoms with Crippen LogP contribution in [0.1, 0.15) is 59.3 Å². The molecule has 2 nitrogen and oxygen atoms in total. The number of hydrogen-bond donors (Lipinski definition) is 0. The minimum Gasteiger partial charge on any atom is -0.462 e. The molecule has 0 radical (unpaired) electrons. The maximum atomic E-state index is 11.7. The molecule has 1 fully saturated rings. The third kappa shape index (κ3) is 3.84. The van der Waals surface area contributed by atoms with Crippen molar-refractivity contribution >= 4 is 5.97 Å². The average molecular weight is 212 g/mol. The Morgan fingerprint density at radius 1 is 1.40 bits per heavy atom. The lowest BCUT2D eigenvalue weighted by Crippen LogP contribution is -2.30. The van der Waals surface area contributed by atoms with Crippen LogP contribution in [0.4, 0.5) is 0 Å². The van der Waals surface area contributed by atoms with Crippen LogP contribution >= 0.6 is 0 Å². The second-order valence-corrected chi connectivity index (χ2v) is 4.93. The molecule has 15 heavy (non-hydrogen) atoms. The van der Waals surface area contributed by atoms with Crippen molar-refractivity contribution in [2.24, 2.45) is 11.8 Å². The Balaban J connectivity index is 2.35. The summed E-state index contributed by atoms with van der Waals surface area (Å²) in [5, 5.41) is 0. The van der Waals surface area contributed by atoms with E-state index in [0.717, 1.165) is 19.3 Å². The summed E-state index contributed by atoms with van der Waals surface area (Å²) in [7, 11) is 0. The smallest absolute Gasteiger partial charge is 0.308 e. The molecular weight excluding hydrogens is 188 g/mol. The van der Waals surface area contributed by atoms with Gasteiger partial charge in [0.15, 0.2) is 0 Å². The predicted molar refractivity (Wildman–Crippen MR) is 61.6 cm³/mol. The fraction of sp³-hybridized carbons (Fsp3) is 0.923. The molecule has 0 aromatic carbocycles. The summed E-state index contributed by atoms with van der Waals surface area (Å²) >= 11 is 0. The first-order valence-corrected chi connectivity index (χ1v) is 6.35. The van der Waals surface area contributed by atoms with Crippen LogP contribution in [-0.2, 0) is 9.53 Å². The molecule has 0 aliphatic heterocycles. The van der Waals surface area contributed by atoms with E-state index in [2.05, 4.69) is 13.8 Å². The summed E-state index contributed by atoms with van der Waals surface area (Å²) in [6.07, 6.45) is 6.96. The van der Waals surface area contributed by atoms with Gasteiger partial charge in [-0.15, -0.1) is 0 Å². The molecule has 2 heteroatoms. The van der Waals surface area contributed by atoms with Gasteiger partial charge < -0.3 is 4.74 Å². The Hall–Kier alpha value is -0.530. The standard InChI is InChI=1S/C13H24O2/c1-4-7-11(3)13(14)15-12-9-6-5-8-10(12)2/h10-12H,4-9H2,1-3H3/t10-,11-,12-/m0/s1. The van der Waals surface area contributed by atoms with Crippen LogP contribution in [-0.4, -0.2) is 12.1 Å². The zero-order chi connectivity index (χ0) is 11.3. The summed E-state index contributed by atoms with van der Waals surface area (Å²) in [4.78, 5) is 11.7. The largest absolute Gasteiger partial charge is 0.462 e. The second kappa shape index (κ2) is 6.14. The highest BCUT2D eigenvalue weighted by Gasteiger charge is 2.26. The Labute approximate surface area is 93.4 Å². The van der Waals surface area contributed by atoms with Crippen molar-refractivity contribution in [3.8, 4) is 0 Å². The van der Waals surface area contributed by atoms with Crippen LogP contribution in [0.2, 0.25) is 0 Å². The Morgan fingerprint density at radius 3 is 2.67 bits per heavy atom. The molecule has 1 saturated carbocycles. The van der Waals surface area contributed by atoms with Crippen molar-refractivity contribution in [2.75, 3.05) is 0 Å². The molecule has 0 aromatic heterocycles. The third-order valence-corrected chi connectivity index (χ3v) is 3.42. The molecule has 0 amide bonds. The lowest BCUT2D eigenvalue weighted by atomic mass is 9.88. The van der Waals surface area contributed by atoms with Crippen LogP contribution in [0.3, 0.4) is 0 Å². The zero-order valence-electron chi connectivity index (χ0n) is 10.3. The quantitative estimate of drug-likeness (QED) is 0.666. The molecular formula is C13H24O2. The topological polar surface area (TPSA) is 26.3 Å². The normalized spacial score (nSPS) is 28.5. The van der Waals surface area contributed by atoms with E-state index < -0.39 is 0 Å². The van der Waals surface area contributed by atoms with Crippen molar-refractivity contribution in [1.29, 1.82) is 0 Å². The van der Waals surface area contributed by atoms with Gasteiger partial charge in [0.1, 0.15) is 6.10 Å². The van der Waals surface area contributed by atoms with Gasteiger partial charge in [0, 0.05) is 0 Å².